The van der Waals surface area contributed by atoms with Crippen LogP contribution >= 0.6 is 0 Å². The van der Waals surface area contributed by atoms with Crippen LogP contribution in [-0.2, 0) is 14.4 Å². The second-order valence-electron chi connectivity index (χ2n) is 2.33. The van der Waals surface area contributed by atoms with Crippen LogP contribution in [0.25, 0.3) is 0 Å². The lowest BCUT2D eigenvalue weighted by Gasteiger charge is -2.03. The van der Waals surface area contributed by atoms with E-state index in [4.69, 9.17) is 10.8 Å². The van der Waals surface area contributed by atoms with Crippen molar-refractivity contribution in [2.45, 2.75) is 25.3 Å². The molecule has 0 aliphatic carbocycles. The number of carbonyl (C=O) groups is 2. The first-order chi connectivity index (χ1) is 5.57. The summed E-state index contributed by atoms with van der Waals surface area (Å²) in [4.78, 5) is 24.5. The summed E-state index contributed by atoms with van der Waals surface area (Å²) < 4.78 is 0. The van der Waals surface area contributed by atoms with Gasteiger partial charge in [0.15, 0.2) is 0 Å². The van der Waals surface area contributed by atoms with Gasteiger partial charge in [-0.05, 0) is 12.8 Å². The number of hydrogen-bond donors (Lipinski definition) is 3. The molecule has 0 heterocycles. The number of carboxylic acids is 1. The zero-order chi connectivity index (χ0) is 9.56. The smallest absolute Gasteiger partial charge is 0.324 e. The first-order valence-corrected chi connectivity index (χ1v) is 3.46. The third-order valence-electron chi connectivity index (χ3n) is 1.34. The molecule has 1 unspecified atom stereocenters. The Balaban J connectivity index is 3.43. The number of aliphatic carboxylic acids is 1. The maximum absolute atomic E-state index is 10.4. The molecule has 5 N–H and O–H groups in total. The molecule has 0 rings (SSSR count). The van der Waals surface area contributed by atoms with Gasteiger partial charge in [-0.2, -0.15) is 5.90 Å². The van der Waals surface area contributed by atoms with Crippen molar-refractivity contribution in [1.82, 2.24) is 0 Å². The monoisotopic (exact) mass is 176 g/mol. The van der Waals surface area contributed by atoms with Gasteiger partial charge < -0.3 is 15.7 Å². The minimum absolute atomic E-state index is 0.0947. The summed E-state index contributed by atoms with van der Waals surface area (Å²) in [7, 11) is 0. The Morgan fingerprint density at radius 2 is 2.08 bits per heavy atom. The van der Waals surface area contributed by atoms with E-state index in [0.29, 0.717) is 6.42 Å². The molecule has 0 aliphatic rings. The SMILES string of the molecule is NOC(=O)CCCC(N)C(=O)O. The number of hydrogen-bond acceptors (Lipinski definition) is 5. The Labute approximate surface area is 69.4 Å². The second kappa shape index (κ2) is 5.50. The van der Waals surface area contributed by atoms with Crippen molar-refractivity contribution in [1.29, 1.82) is 0 Å². The van der Waals surface area contributed by atoms with Gasteiger partial charge in [0.1, 0.15) is 6.04 Å². The van der Waals surface area contributed by atoms with Crippen LogP contribution < -0.4 is 11.6 Å². The van der Waals surface area contributed by atoms with Crippen molar-refractivity contribution in [3.63, 3.8) is 0 Å². The molecule has 0 amide bonds. The molecule has 0 spiro atoms. The van der Waals surface area contributed by atoms with Crippen molar-refractivity contribution < 1.29 is 19.5 Å². The molecule has 0 aromatic heterocycles. The van der Waals surface area contributed by atoms with Crippen LogP contribution in [-0.4, -0.2) is 23.1 Å². The quantitative estimate of drug-likeness (QED) is 0.462. The molecule has 0 bridgehead atoms. The molecule has 1 atom stereocenters. The van der Waals surface area contributed by atoms with Crippen LogP contribution in [0.3, 0.4) is 0 Å². The van der Waals surface area contributed by atoms with Gasteiger partial charge in [0.25, 0.3) is 0 Å². The van der Waals surface area contributed by atoms with Gasteiger partial charge in [0, 0.05) is 6.42 Å². The van der Waals surface area contributed by atoms with Crippen molar-refractivity contribution in [2.24, 2.45) is 11.6 Å². The summed E-state index contributed by atoms with van der Waals surface area (Å²) in [6, 6.07) is -0.921. The second-order valence-corrected chi connectivity index (χ2v) is 2.33. The highest BCUT2D eigenvalue weighted by molar-refractivity contribution is 5.73. The Hall–Kier alpha value is -1.14. The Morgan fingerprint density at radius 3 is 2.50 bits per heavy atom. The minimum Gasteiger partial charge on any atom is -0.480 e. The summed E-state index contributed by atoms with van der Waals surface area (Å²) in [5, 5.41) is 8.34. The third kappa shape index (κ3) is 4.64. The molecule has 0 aromatic rings. The molecular weight excluding hydrogens is 164 g/mol. The fraction of sp³-hybridized carbons (Fsp3) is 0.667. The summed E-state index contributed by atoms with van der Waals surface area (Å²) in [6.07, 6.45) is 0.700. The molecule has 0 fully saturated rings. The van der Waals surface area contributed by atoms with E-state index in [1.54, 1.807) is 0 Å². The first kappa shape index (κ1) is 10.9. The van der Waals surface area contributed by atoms with Gasteiger partial charge in [-0.3, -0.25) is 9.59 Å². The average molecular weight is 176 g/mol. The molecule has 6 nitrogen and oxygen atoms in total. The van der Waals surface area contributed by atoms with E-state index in [0.717, 1.165) is 0 Å². The molecule has 70 valence electrons. The molecule has 0 saturated heterocycles. The van der Waals surface area contributed by atoms with Crippen molar-refractivity contribution >= 4 is 11.9 Å². The van der Waals surface area contributed by atoms with Crippen LogP contribution in [0, 0.1) is 0 Å². The maximum Gasteiger partial charge on any atom is 0.324 e. The molecule has 6 heteroatoms. The lowest BCUT2D eigenvalue weighted by molar-refractivity contribution is -0.145. The van der Waals surface area contributed by atoms with Crippen molar-refractivity contribution in [3.05, 3.63) is 0 Å². The fourth-order valence-electron chi connectivity index (χ4n) is 0.649. The summed E-state index contributed by atoms with van der Waals surface area (Å²) >= 11 is 0. The number of carboxylic acid groups (broad SMARTS) is 1. The number of carbonyl (C=O) groups excluding carboxylic acids is 1. The van der Waals surface area contributed by atoms with Crippen LogP contribution in [0.5, 0.6) is 0 Å². The molecular formula is C6H12N2O4. The Morgan fingerprint density at radius 1 is 1.50 bits per heavy atom. The van der Waals surface area contributed by atoms with E-state index in [9.17, 15) is 9.59 Å². The summed E-state index contributed by atoms with van der Waals surface area (Å²) in [5.41, 5.74) is 5.16. The predicted molar refractivity (Wildman–Crippen MR) is 39.7 cm³/mol. The van der Waals surface area contributed by atoms with Crippen molar-refractivity contribution in [3.8, 4) is 0 Å². The fourth-order valence-corrected chi connectivity index (χ4v) is 0.649. The maximum atomic E-state index is 10.4. The molecule has 0 saturated carbocycles. The van der Waals surface area contributed by atoms with Gasteiger partial charge in [-0.25, -0.2) is 0 Å². The average Bonchev–Trinajstić information content (AvgIpc) is 2.03. The molecule has 12 heavy (non-hydrogen) atoms. The lowest BCUT2D eigenvalue weighted by atomic mass is 10.1. The summed E-state index contributed by atoms with van der Waals surface area (Å²) in [5.74, 6) is 2.92. The molecule has 0 aromatic carbocycles. The first-order valence-electron chi connectivity index (χ1n) is 3.46. The number of rotatable bonds is 5. The van der Waals surface area contributed by atoms with Crippen LogP contribution in [0.2, 0.25) is 0 Å². The van der Waals surface area contributed by atoms with E-state index >= 15 is 0 Å². The molecule has 0 radical (unpaired) electrons. The predicted octanol–water partition coefficient (Wildman–Crippen LogP) is -1.01. The highest BCUT2D eigenvalue weighted by Crippen LogP contribution is 1.99. The Bertz CT molecular complexity index is 171. The van der Waals surface area contributed by atoms with Crippen LogP contribution in [0.15, 0.2) is 0 Å². The van der Waals surface area contributed by atoms with Crippen LogP contribution in [0.4, 0.5) is 0 Å². The van der Waals surface area contributed by atoms with Gasteiger partial charge in [0.2, 0.25) is 0 Å². The Kier molecular flexibility index (Phi) is 4.98. The highest BCUT2D eigenvalue weighted by atomic mass is 16.7. The normalized spacial score (nSPS) is 12.2. The van der Waals surface area contributed by atoms with Gasteiger partial charge in [-0.1, -0.05) is 0 Å². The van der Waals surface area contributed by atoms with E-state index in [-0.39, 0.29) is 12.8 Å². The van der Waals surface area contributed by atoms with Gasteiger partial charge in [-0.15, -0.1) is 0 Å². The summed E-state index contributed by atoms with van der Waals surface area (Å²) in [6.45, 7) is 0. The number of nitrogens with two attached hydrogens (primary N) is 2. The van der Waals surface area contributed by atoms with Gasteiger partial charge >= 0.3 is 11.9 Å². The van der Waals surface area contributed by atoms with E-state index in [1.807, 2.05) is 0 Å². The third-order valence-corrected chi connectivity index (χ3v) is 1.34. The largest absolute Gasteiger partial charge is 0.480 e. The van der Waals surface area contributed by atoms with E-state index in [2.05, 4.69) is 10.7 Å². The van der Waals surface area contributed by atoms with Crippen molar-refractivity contribution in [2.75, 3.05) is 0 Å². The zero-order valence-electron chi connectivity index (χ0n) is 6.53. The standard InChI is InChI=1S/C6H12N2O4/c7-4(6(10)11)2-1-3-5(9)12-8/h4H,1-3,7-8H2,(H,10,11). The topological polar surface area (TPSA) is 116 Å². The molecule has 0 aliphatic heterocycles. The minimum atomic E-state index is -1.07. The highest BCUT2D eigenvalue weighted by Gasteiger charge is 2.11. The van der Waals surface area contributed by atoms with E-state index in [1.165, 1.54) is 0 Å². The zero-order valence-corrected chi connectivity index (χ0v) is 6.53. The van der Waals surface area contributed by atoms with E-state index < -0.39 is 18.0 Å². The van der Waals surface area contributed by atoms with Crippen LogP contribution in [0.1, 0.15) is 19.3 Å². The van der Waals surface area contributed by atoms with Gasteiger partial charge in [0.05, 0.1) is 0 Å². The lowest BCUT2D eigenvalue weighted by Crippen LogP contribution is -2.30.